The van der Waals surface area contributed by atoms with Gasteiger partial charge >= 0.3 is 0 Å². The van der Waals surface area contributed by atoms with Crippen LogP contribution >= 0.6 is 34.5 Å². The minimum absolute atomic E-state index is 0.309. The van der Waals surface area contributed by atoms with Crippen molar-refractivity contribution < 1.29 is 4.79 Å². The van der Waals surface area contributed by atoms with Gasteiger partial charge in [-0.05, 0) is 24.6 Å². The summed E-state index contributed by atoms with van der Waals surface area (Å²) in [5.74, 6) is -0.449. The quantitative estimate of drug-likeness (QED) is 0.653. The van der Waals surface area contributed by atoms with Gasteiger partial charge in [-0.1, -0.05) is 29.3 Å². The molecule has 0 spiro atoms. The number of hydrogen-bond donors (Lipinski definition) is 2. The van der Waals surface area contributed by atoms with Crippen molar-refractivity contribution in [1.29, 1.82) is 5.26 Å². The summed E-state index contributed by atoms with van der Waals surface area (Å²) in [6, 6.07) is 7.01. The normalized spacial score (nSPS) is 10.6. The summed E-state index contributed by atoms with van der Waals surface area (Å²) in [5.41, 5.74) is 9.41. The lowest BCUT2D eigenvalue weighted by Gasteiger charge is -2.01. The van der Waals surface area contributed by atoms with E-state index in [9.17, 15) is 4.79 Å². The van der Waals surface area contributed by atoms with Crippen LogP contribution in [0.2, 0.25) is 10.0 Å². The molecule has 0 saturated heterocycles. The van der Waals surface area contributed by atoms with E-state index in [0.29, 0.717) is 36.6 Å². The number of anilines is 1. The highest BCUT2D eigenvalue weighted by Gasteiger charge is 2.18. The third-order valence-electron chi connectivity index (χ3n) is 2.85. The highest BCUT2D eigenvalue weighted by Crippen LogP contribution is 2.29. The third-order valence-corrected chi connectivity index (χ3v) is 4.63. The Morgan fingerprint density at radius 3 is 2.64 bits per heavy atom. The van der Waals surface area contributed by atoms with Crippen molar-refractivity contribution in [2.45, 2.75) is 6.92 Å². The van der Waals surface area contributed by atoms with E-state index in [4.69, 9.17) is 34.2 Å². The molecule has 2 aromatic rings. The molecule has 0 aliphatic heterocycles. The number of nitrogen functional groups attached to an aromatic ring is 1. The van der Waals surface area contributed by atoms with Crippen molar-refractivity contribution in [2.24, 2.45) is 5.10 Å². The van der Waals surface area contributed by atoms with Gasteiger partial charge in [0.1, 0.15) is 15.9 Å². The molecule has 22 heavy (non-hydrogen) atoms. The maximum absolute atomic E-state index is 12.1. The Labute approximate surface area is 141 Å². The van der Waals surface area contributed by atoms with Crippen LogP contribution in [-0.4, -0.2) is 12.1 Å². The summed E-state index contributed by atoms with van der Waals surface area (Å²) in [7, 11) is 0. The van der Waals surface area contributed by atoms with Crippen LogP contribution in [0, 0.1) is 18.3 Å². The summed E-state index contributed by atoms with van der Waals surface area (Å²) in [5, 5.41) is 14.0. The van der Waals surface area contributed by atoms with Crippen LogP contribution in [0.4, 0.5) is 5.00 Å². The Hall–Kier alpha value is -2.07. The molecule has 5 nitrogen and oxygen atoms in total. The number of nitriles is 1. The van der Waals surface area contributed by atoms with Crippen LogP contribution in [0.3, 0.4) is 0 Å². The SMILES string of the molecule is Cc1c(C(=O)NN=Cc2c(Cl)cccc2Cl)sc(N)c1C#N. The topological polar surface area (TPSA) is 91.3 Å². The molecule has 0 fully saturated rings. The summed E-state index contributed by atoms with van der Waals surface area (Å²) < 4.78 is 0. The molecule has 1 aromatic heterocycles. The predicted octanol–water partition coefficient (Wildman–Crippen LogP) is 3.58. The van der Waals surface area contributed by atoms with Gasteiger partial charge in [-0.2, -0.15) is 10.4 Å². The maximum Gasteiger partial charge on any atom is 0.281 e. The number of benzene rings is 1. The van der Waals surface area contributed by atoms with Crippen LogP contribution in [0.25, 0.3) is 0 Å². The van der Waals surface area contributed by atoms with Gasteiger partial charge in [0.05, 0.1) is 21.8 Å². The molecule has 0 unspecified atom stereocenters. The second kappa shape index (κ2) is 6.79. The number of hydrazone groups is 1. The van der Waals surface area contributed by atoms with E-state index in [1.165, 1.54) is 6.21 Å². The highest BCUT2D eigenvalue weighted by atomic mass is 35.5. The molecule has 1 amide bonds. The lowest BCUT2D eigenvalue weighted by Crippen LogP contribution is -2.17. The van der Waals surface area contributed by atoms with Gasteiger partial charge in [0, 0.05) is 5.56 Å². The van der Waals surface area contributed by atoms with Crippen molar-refractivity contribution in [3.63, 3.8) is 0 Å². The molecule has 0 atom stereocenters. The van der Waals surface area contributed by atoms with E-state index < -0.39 is 5.91 Å². The Balaban J connectivity index is 2.17. The molecule has 1 aromatic carbocycles. The zero-order chi connectivity index (χ0) is 16.3. The molecular weight excluding hydrogens is 343 g/mol. The number of halogens is 2. The van der Waals surface area contributed by atoms with Gasteiger partial charge in [0.15, 0.2) is 0 Å². The molecule has 8 heteroatoms. The fourth-order valence-corrected chi connectivity index (χ4v) is 3.14. The number of hydrogen-bond acceptors (Lipinski definition) is 5. The molecule has 0 aliphatic rings. The minimum atomic E-state index is -0.449. The van der Waals surface area contributed by atoms with Crippen LogP contribution < -0.4 is 11.2 Å². The first kappa shape index (κ1) is 16.3. The molecule has 112 valence electrons. The maximum atomic E-state index is 12.1. The van der Waals surface area contributed by atoms with Crippen LogP contribution in [0.5, 0.6) is 0 Å². The minimum Gasteiger partial charge on any atom is -0.389 e. The highest BCUT2D eigenvalue weighted by molar-refractivity contribution is 7.18. The lowest BCUT2D eigenvalue weighted by atomic mass is 10.2. The monoisotopic (exact) mass is 352 g/mol. The Bertz CT molecular complexity index is 788. The average molecular weight is 353 g/mol. The predicted molar refractivity (Wildman–Crippen MR) is 89.7 cm³/mol. The smallest absolute Gasteiger partial charge is 0.281 e. The average Bonchev–Trinajstić information content (AvgIpc) is 2.76. The van der Waals surface area contributed by atoms with Crippen molar-refractivity contribution in [2.75, 3.05) is 5.73 Å². The van der Waals surface area contributed by atoms with E-state index in [0.717, 1.165) is 11.3 Å². The fraction of sp³-hybridized carbons (Fsp3) is 0.0714. The van der Waals surface area contributed by atoms with Crippen LogP contribution in [-0.2, 0) is 0 Å². The van der Waals surface area contributed by atoms with Gasteiger partial charge in [-0.15, -0.1) is 11.3 Å². The molecule has 2 rings (SSSR count). The molecule has 1 heterocycles. The molecular formula is C14H10Cl2N4OS. The van der Waals surface area contributed by atoms with E-state index in [-0.39, 0.29) is 0 Å². The van der Waals surface area contributed by atoms with Gasteiger partial charge in [0.25, 0.3) is 5.91 Å². The first-order valence-electron chi connectivity index (χ1n) is 6.02. The molecule has 0 bridgehead atoms. The Kier molecular flexibility index (Phi) is 5.03. The molecule has 0 saturated carbocycles. The number of nitrogens with one attached hydrogen (secondary N) is 1. The van der Waals surface area contributed by atoms with E-state index in [1.54, 1.807) is 25.1 Å². The summed E-state index contributed by atoms with van der Waals surface area (Å²) in [6.07, 6.45) is 1.36. The first-order chi connectivity index (χ1) is 10.5. The van der Waals surface area contributed by atoms with Crippen LogP contribution in [0.15, 0.2) is 23.3 Å². The van der Waals surface area contributed by atoms with Gasteiger partial charge in [-0.25, -0.2) is 5.43 Å². The molecule has 0 radical (unpaired) electrons. The number of rotatable bonds is 3. The van der Waals surface area contributed by atoms with E-state index in [2.05, 4.69) is 10.5 Å². The number of nitrogens with zero attached hydrogens (tertiary/aromatic N) is 2. The number of carbonyl (C=O) groups excluding carboxylic acids is 1. The largest absolute Gasteiger partial charge is 0.389 e. The van der Waals surface area contributed by atoms with Gasteiger partial charge in [0.2, 0.25) is 0 Å². The lowest BCUT2D eigenvalue weighted by molar-refractivity contribution is 0.0958. The number of thiophene rings is 1. The summed E-state index contributed by atoms with van der Waals surface area (Å²) >= 11 is 13.0. The number of amides is 1. The standard InChI is InChI=1S/C14H10Cl2N4OS/c1-7-8(5-17)13(18)22-12(7)14(21)20-19-6-9-10(15)3-2-4-11(9)16/h2-4,6H,18H2,1H3,(H,20,21). The van der Waals surface area contributed by atoms with E-state index >= 15 is 0 Å². The van der Waals surface area contributed by atoms with Gasteiger partial charge < -0.3 is 5.73 Å². The molecule has 3 N–H and O–H groups in total. The Morgan fingerprint density at radius 1 is 1.45 bits per heavy atom. The fourth-order valence-electron chi connectivity index (χ4n) is 1.73. The second-order valence-corrected chi connectivity index (χ2v) is 6.11. The third kappa shape index (κ3) is 3.22. The van der Waals surface area contributed by atoms with Gasteiger partial charge in [-0.3, -0.25) is 4.79 Å². The van der Waals surface area contributed by atoms with Crippen LogP contribution in [0.1, 0.15) is 26.4 Å². The zero-order valence-corrected chi connectivity index (χ0v) is 13.7. The van der Waals surface area contributed by atoms with Crippen molar-refractivity contribution in [1.82, 2.24) is 5.43 Å². The van der Waals surface area contributed by atoms with E-state index in [1.807, 2.05) is 6.07 Å². The van der Waals surface area contributed by atoms with Crippen molar-refractivity contribution >= 4 is 51.7 Å². The first-order valence-corrected chi connectivity index (χ1v) is 7.59. The van der Waals surface area contributed by atoms with Crippen molar-refractivity contribution in [3.8, 4) is 6.07 Å². The van der Waals surface area contributed by atoms with Crippen molar-refractivity contribution in [3.05, 3.63) is 49.8 Å². The number of nitrogens with two attached hydrogens (primary N) is 1. The summed E-state index contributed by atoms with van der Waals surface area (Å²) in [4.78, 5) is 12.4. The second-order valence-electron chi connectivity index (χ2n) is 4.24. The summed E-state index contributed by atoms with van der Waals surface area (Å²) in [6.45, 7) is 1.66. The Morgan fingerprint density at radius 2 is 2.09 bits per heavy atom. The number of carbonyl (C=O) groups is 1. The molecule has 0 aliphatic carbocycles. The zero-order valence-electron chi connectivity index (χ0n) is 11.4.